The fourth-order valence-corrected chi connectivity index (χ4v) is 1.88. The van der Waals surface area contributed by atoms with E-state index < -0.39 is 9.85 Å². The molecule has 0 radical (unpaired) electrons. The maximum absolute atomic E-state index is 11.0. The Morgan fingerprint density at radius 1 is 1.23 bits per heavy atom. The summed E-state index contributed by atoms with van der Waals surface area (Å²) in [6.45, 7) is 2.42. The van der Waals surface area contributed by atoms with Crippen molar-refractivity contribution in [2.24, 2.45) is 5.10 Å². The average Bonchev–Trinajstić information content (AvgIpc) is 2.52. The SMILES string of the molecule is O=[N+]([O-])/C(CN1CCOCC1)=N/Nc1ccc([N+](=O)[O-])cc1. The lowest BCUT2D eigenvalue weighted by molar-refractivity contribution is -0.384. The number of benzene rings is 1. The minimum atomic E-state index is -0.548. The molecule has 0 unspecified atom stereocenters. The summed E-state index contributed by atoms with van der Waals surface area (Å²) < 4.78 is 5.18. The minimum absolute atomic E-state index is 0.0580. The molecule has 1 N–H and O–H groups in total. The van der Waals surface area contributed by atoms with Crippen LogP contribution < -0.4 is 5.43 Å². The highest BCUT2D eigenvalue weighted by molar-refractivity contribution is 5.77. The van der Waals surface area contributed by atoms with Crippen molar-refractivity contribution < 1.29 is 14.6 Å². The van der Waals surface area contributed by atoms with Crippen LogP contribution in [0.3, 0.4) is 0 Å². The number of rotatable bonds is 5. The van der Waals surface area contributed by atoms with Crippen LogP contribution in [-0.4, -0.2) is 53.4 Å². The van der Waals surface area contributed by atoms with Gasteiger partial charge in [0.2, 0.25) is 0 Å². The van der Waals surface area contributed by atoms with Gasteiger partial charge >= 0.3 is 5.84 Å². The van der Waals surface area contributed by atoms with E-state index >= 15 is 0 Å². The zero-order valence-electron chi connectivity index (χ0n) is 11.7. The second-order valence-electron chi connectivity index (χ2n) is 4.59. The van der Waals surface area contributed by atoms with Crippen molar-refractivity contribution in [3.05, 3.63) is 44.5 Å². The first kappa shape index (κ1) is 15.8. The van der Waals surface area contributed by atoms with Crippen molar-refractivity contribution in [1.82, 2.24) is 4.90 Å². The number of nitrogens with one attached hydrogen (secondary N) is 1. The first-order valence-electron chi connectivity index (χ1n) is 6.58. The van der Waals surface area contributed by atoms with Crippen LogP contribution in [0.1, 0.15) is 0 Å². The van der Waals surface area contributed by atoms with E-state index in [2.05, 4.69) is 10.5 Å². The number of anilines is 1. The Morgan fingerprint density at radius 3 is 2.41 bits per heavy atom. The smallest absolute Gasteiger partial charge is 0.377 e. The van der Waals surface area contributed by atoms with Gasteiger partial charge in [0.25, 0.3) is 5.69 Å². The number of ether oxygens (including phenoxy) is 1. The molecule has 0 amide bonds. The van der Waals surface area contributed by atoms with Crippen molar-refractivity contribution in [3.8, 4) is 0 Å². The Bertz CT molecular complexity index is 568. The number of nitro benzene ring substituents is 1. The Balaban J connectivity index is 2.00. The number of non-ortho nitro benzene ring substituents is 1. The molecule has 0 aromatic heterocycles. The van der Waals surface area contributed by atoms with Gasteiger partial charge in [-0.2, -0.15) is 5.43 Å². The van der Waals surface area contributed by atoms with Crippen molar-refractivity contribution in [2.45, 2.75) is 0 Å². The highest BCUT2D eigenvalue weighted by Crippen LogP contribution is 2.15. The van der Waals surface area contributed by atoms with Gasteiger partial charge in [0.05, 0.1) is 28.9 Å². The summed E-state index contributed by atoms with van der Waals surface area (Å²) in [5.74, 6) is -0.222. The molecule has 10 nitrogen and oxygen atoms in total. The van der Waals surface area contributed by atoms with Gasteiger partial charge < -0.3 is 14.9 Å². The molecule has 1 saturated heterocycles. The lowest BCUT2D eigenvalue weighted by atomic mass is 10.3. The van der Waals surface area contributed by atoms with Gasteiger partial charge in [-0.25, -0.2) is 0 Å². The molecule has 0 saturated carbocycles. The van der Waals surface area contributed by atoms with E-state index in [1.807, 2.05) is 4.90 Å². The Hall–Kier alpha value is -2.59. The summed E-state index contributed by atoms with van der Waals surface area (Å²) in [4.78, 5) is 22.4. The summed E-state index contributed by atoms with van der Waals surface area (Å²) >= 11 is 0. The van der Waals surface area contributed by atoms with Gasteiger partial charge in [-0.1, -0.05) is 0 Å². The van der Waals surface area contributed by atoms with Crippen LogP contribution in [0.15, 0.2) is 29.4 Å². The molecule has 1 fully saturated rings. The molecule has 2 rings (SSSR count). The molecule has 1 aromatic rings. The third-order valence-electron chi connectivity index (χ3n) is 3.07. The summed E-state index contributed by atoms with van der Waals surface area (Å²) in [6.07, 6.45) is 0. The lowest BCUT2D eigenvalue weighted by Gasteiger charge is -2.24. The second-order valence-corrected chi connectivity index (χ2v) is 4.59. The molecule has 118 valence electrons. The summed E-state index contributed by atoms with van der Waals surface area (Å²) in [7, 11) is 0. The van der Waals surface area contributed by atoms with Crippen LogP contribution in [-0.2, 0) is 4.74 Å². The highest BCUT2D eigenvalue weighted by Gasteiger charge is 2.20. The van der Waals surface area contributed by atoms with Crippen molar-refractivity contribution in [1.29, 1.82) is 0 Å². The van der Waals surface area contributed by atoms with E-state index in [0.29, 0.717) is 32.0 Å². The fraction of sp³-hybridized carbons (Fsp3) is 0.417. The van der Waals surface area contributed by atoms with Gasteiger partial charge in [-0.15, -0.1) is 0 Å². The van der Waals surface area contributed by atoms with E-state index in [1.54, 1.807) is 0 Å². The molecule has 1 aromatic carbocycles. The molecule has 0 spiro atoms. The van der Waals surface area contributed by atoms with Gasteiger partial charge in [-0.05, 0) is 17.1 Å². The monoisotopic (exact) mass is 309 g/mol. The molecule has 0 atom stereocenters. The number of nitrogens with zero attached hydrogens (tertiary/aromatic N) is 4. The van der Waals surface area contributed by atoms with Crippen LogP contribution in [0.2, 0.25) is 0 Å². The number of hydrogen-bond acceptors (Lipinski definition) is 8. The average molecular weight is 309 g/mol. The Morgan fingerprint density at radius 2 is 1.86 bits per heavy atom. The van der Waals surface area contributed by atoms with E-state index in [9.17, 15) is 20.2 Å². The normalized spacial score (nSPS) is 16.3. The molecule has 1 aliphatic heterocycles. The van der Waals surface area contributed by atoms with E-state index in [1.165, 1.54) is 24.3 Å². The zero-order chi connectivity index (χ0) is 15.9. The number of morpholine rings is 1. The molecule has 0 bridgehead atoms. The number of nitro groups is 2. The topological polar surface area (TPSA) is 123 Å². The minimum Gasteiger partial charge on any atom is -0.379 e. The predicted molar refractivity (Wildman–Crippen MR) is 78.4 cm³/mol. The second kappa shape index (κ2) is 7.43. The lowest BCUT2D eigenvalue weighted by Crippen LogP contribution is -2.41. The predicted octanol–water partition coefficient (Wildman–Crippen LogP) is 0.929. The van der Waals surface area contributed by atoms with Crippen LogP contribution in [0.4, 0.5) is 11.4 Å². The highest BCUT2D eigenvalue weighted by atomic mass is 16.6. The molecular formula is C12H15N5O5. The maximum atomic E-state index is 11.0. The Labute approximate surface area is 125 Å². The van der Waals surface area contributed by atoms with Crippen LogP contribution >= 0.6 is 0 Å². The van der Waals surface area contributed by atoms with Gasteiger partial charge in [0.15, 0.2) is 0 Å². The number of hydrazone groups is 1. The van der Waals surface area contributed by atoms with E-state index in [4.69, 9.17) is 4.74 Å². The van der Waals surface area contributed by atoms with Crippen molar-refractivity contribution in [3.63, 3.8) is 0 Å². The van der Waals surface area contributed by atoms with Crippen molar-refractivity contribution >= 4 is 17.2 Å². The van der Waals surface area contributed by atoms with Gasteiger partial charge in [0, 0.05) is 25.2 Å². The quantitative estimate of drug-likeness (QED) is 0.371. The molecule has 1 heterocycles. The van der Waals surface area contributed by atoms with E-state index in [-0.39, 0.29) is 18.1 Å². The van der Waals surface area contributed by atoms with Crippen LogP contribution in [0.25, 0.3) is 0 Å². The first-order chi connectivity index (χ1) is 10.6. The number of amidine groups is 1. The summed E-state index contributed by atoms with van der Waals surface area (Å²) in [5.41, 5.74) is 2.93. The van der Waals surface area contributed by atoms with Crippen LogP contribution in [0, 0.1) is 20.2 Å². The summed E-state index contributed by atoms with van der Waals surface area (Å²) in [5, 5.41) is 25.3. The molecule has 0 aliphatic carbocycles. The van der Waals surface area contributed by atoms with E-state index in [0.717, 1.165) is 0 Å². The standard InChI is InChI=1S/C12H15N5O5/c18-16(19)11-3-1-10(2-4-11)13-14-12(17(20)21)9-15-5-7-22-8-6-15/h1-4,13H,5-9H2/b14-12+. The molecule has 10 heteroatoms. The number of hydrogen-bond donors (Lipinski definition) is 1. The molecular weight excluding hydrogens is 294 g/mol. The summed E-state index contributed by atoms with van der Waals surface area (Å²) in [6, 6.07) is 5.47. The first-order valence-corrected chi connectivity index (χ1v) is 6.58. The maximum Gasteiger partial charge on any atom is 0.377 e. The Kier molecular flexibility index (Phi) is 5.33. The fourth-order valence-electron chi connectivity index (χ4n) is 1.88. The van der Waals surface area contributed by atoms with Gasteiger partial charge in [0.1, 0.15) is 6.54 Å². The zero-order valence-corrected chi connectivity index (χ0v) is 11.7. The molecule has 22 heavy (non-hydrogen) atoms. The van der Waals surface area contributed by atoms with Crippen molar-refractivity contribution in [2.75, 3.05) is 38.3 Å². The van der Waals surface area contributed by atoms with Gasteiger partial charge in [-0.3, -0.25) is 15.0 Å². The third-order valence-corrected chi connectivity index (χ3v) is 3.07. The molecule has 1 aliphatic rings. The third kappa shape index (κ3) is 4.46. The van der Waals surface area contributed by atoms with Crippen LogP contribution in [0.5, 0.6) is 0 Å². The largest absolute Gasteiger partial charge is 0.379 e.